The van der Waals surface area contributed by atoms with Gasteiger partial charge in [0.1, 0.15) is 5.75 Å². The molecule has 0 fully saturated rings. The topological polar surface area (TPSA) is 47.3 Å². The van der Waals surface area contributed by atoms with Crippen molar-refractivity contribution < 1.29 is 4.74 Å². The van der Waals surface area contributed by atoms with E-state index >= 15 is 0 Å². The molecule has 78 valence electrons. The Morgan fingerprint density at radius 1 is 1.43 bits per heavy atom. The third kappa shape index (κ3) is 2.92. The monoisotopic (exact) mass is 194 g/mol. The van der Waals surface area contributed by atoms with E-state index in [-0.39, 0.29) is 0 Å². The van der Waals surface area contributed by atoms with Gasteiger partial charge in [-0.25, -0.2) is 0 Å². The van der Waals surface area contributed by atoms with E-state index in [1.165, 1.54) is 5.56 Å². The second kappa shape index (κ2) is 5.50. The zero-order valence-corrected chi connectivity index (χ0v) is 8.84. The summed E-state index contributed by atoms with van der Waals surface area (Å²) in [4.78, 5) is 0. The molecule has 3 heteroatoms. The smallest absolute Gasteiger partial charge is 0.119 e. The minimum absolute atomic E-state index is 0.724. The molecule has 1 rings (SSSR count). The average Bonchev–Trinajstić information content (AvgIpc) is 2.20. The van der Waals surface area contributed by atoms with Gasteiger partial charge >= 0.3 is 0 Å². The molecule has 0 bridgehead atoms. The number of ether oxygens (including phenoxy) is 1. The maximum atomic E-state index is 5.42. The molecular weight excluding hydrogens is 176 g/mol. The van der Waals surface area contributed by atoms with Gasteiger partial charge in [-0.05, 0) is 43.7 Å². The average molecular weight is 194 g/mol. The molecule has 1 aromatic carbocycles. The summed E-state index contributed by atoms with van der Waals surface area (Å²) >= 11 is 0. The van der Waals surface area contributed by atoms with Crippen LogP contribution in [0.3, 0.4) is 0 Å². The second-order valence-electron chi connectivity index (χ2n) is 3.25. The van der Waals surface area contributed by atoms with Crippen LogP contribution in [0, 0.1) is 6.92 Å². The number of nitrogens with one attached hydrogen (secondary N) is 1. The number of anilines is 1. The molecule has 3 nitrogen and oxygen atoms in total. The SMILES string of the molecule is COc1ccc(NCCCN)c(C)c1. The van der Waals surface area contributed by atoms with Gasteiger partial charge in [0.2, 0.25) is 0 Å². The maximum absolute atomic E-state index is 5.42. The molecule has 0 aliphatic heterocycles. The van der Waals surface area contributed by atoms with Crippen molar-refractivity contribution in [3.8, 4) is 5.75 Å². The Bertz CT molecular complexity index is 287. The van der Waals surface area contributed by atoms with Crippen LogP contribution < -0.4 is 15.8 Å². The van der Waals surface area contributed by atoms with E-state index in [1.54, 1.807) is 7.11 Å². The molecule has 0 unspecified atom stereocenters. The maximum Gasteiger partial charge on any atom is 0.119 e. The summed E-state index contributed by atoms with van der Waals surface area (Å²) in [5, 5.41) is 3.33. The molecule has 3 N–H and O–H groups in total. The molecule has 14 heavy (non-hydrogen) atoms. The van der Waals surface area contributed by atoms with Crippen molar-refractivity contribution >= 4 is 5.69 Å². The van der Waals surface area contributed by atoms with Crippen molar-refractivity contribution in [3.63, 3.8) is 0 Å². The molecule has 0 heterocycles. The van der Waals surface area contributed by atoms with Crippen molar-refractivity contribution in [2.75, 3.05) is 25.5 Å². The summed E-state index contributed by atoms with van der Waals surface area (Å²) in [7, 11) is 1.68. The number of aryl methyl sites for hydroxylation is 1. The van der Waals surface area contributed by atoms with Crippen molar-refractivity contribution in [1.82, 2.24) is 0 Å². The van der Waals surface area contributed by atoms with Crippen molar-refractivity contribution in [2.45, 2.75) is 13.3 Å². The number of nitrogens with two attached hydrogens (primary N) is 1. The van der Waals surface area contributed by atoms with Crippen molar-refractivity contribution in [2.24, 2.45) is 5.73 Å². The van der Waals surface area contributed by atoms with Crippen molar-refractivity contribution in [1.29, 1.82) is 0 Å². The molecule has 0 saturated carbocycles. The van der Waals surface area contributed by atoms with Crippen LogP contribution in [0.1, 0.15) is 12.0 Å². The third-order valence-corrected chi connectivity index (χ3v) is 2.13. The Labute approximate surface area is 85.3 Å². The Morgan fingerprint density at radius 3 is 2.79 bits per heavy atom. The lowest BCUT2D eigenvalue weighted by Gasteiger charge is -2.10. The Morgan fingerprint density at radius 2 is 2.21 bits per heavy atom. The zero-order chi connectivity index (χ0) is 10.4. The summed E-state index contributed by atoms with van der Waals surface area (Å²) in [5.41, 5.74) is 7.76. The van der Waals surface area contributed by atoms with Crippen molar-refractivity contribution in [3.05, 3.63) is 23.8 Å². The summed E-state index contributed by atoms with van der Waals surface area (Å²) in [6.45, 7) is 3.71. The van der Waals surface area contributed by atoms with Gasteiger partial charge < -0.3 is 15.8 Å². The van der Waals surface area contributed by atoms with Crippen LogP contribution in [-0.4, -0.2) is 20.2 Å². The highest BCUT2D eigenvalue weighted by atomic mass is 16.5. The first kappa shape index (κ1) is 10.9. The summed E-state index contributed by atoms with van der Waals surface area (Å²) in [6.07, 6.45) is 0.992. The molecule has 0 aliphatic carbocycles. The quantitative estimate of drug-likeness (QED) is 0.702. The minimum Gasteiger partial charge on any atom is -0.497 e. The van der Waals surface area contributed by atoms with Crippen LogP contribution >= 0.6 is 0 Å². The predicted molar refractivity (Wildman–Crippen MR) is 59.9 cm³/mol. The summed E-state index contributed by atoms with van der Waals surface area (Å²) < 4.78 is 5.13. The van der Waals surface area contributed by atoms with Crippen LogP contribution in [0.25, 0.3) is 0 Å². The van der Waals surface area contributed by atoms with E-state index < -0.39 is 0 Å². The Hall–Kier alpha value is -1.22. The lowest BCUT2D eigenvalue weighted by molar-refractivity contribution is 0.414. The fourth-order valence-electron chi connectivity index (χ4n) is 1.29. The van der Waals surface area contributed by atoms with Gasteiger partial charge in [-0.2, -0.15) is 0 Å². The molecule has 0 saturated heterocycles. The lowest BCUT2D eigenvalue weighted by atomic mass is 10.2. The molecule has 0 aliphatic rings. The molecule has 0 spiro atoms. The molecule has 0 atom stereocenters. The van der Waals surface area contributed by atoms with E-state index in [4.69, 9.17) is 10.5 Å². The molecule has 0 radical (unpaired) electrons. The number of rotatable bonds is 5. The van der Waals surface area contributed by atoms with Crippen LogP contribution in [0.2, 0.25) is 0 Å². The third-order valence-electron chi connectivity index (χ3n) is 2.13. The van der Waals surface area contributed by atoms with Gasteiger partial charge in [-0.15, -0.1) is 0 Å². The summed E-state index contributed by atoms with van der Waals surface area (Å²) in [5.74, 6) is 0.895. The number of hydrogen-bond donors (Lipinski definition) is 2. The van der Waals surface area contributed by atoms with Gasteiger partial charge in [0.25, 0.3) is 0 Å². The molecular formula is C11H18N2O. The summed E-state index contributed by atoms with van der Waals surface area (Å²) in [6, 6.07) is 6.01. The van der Waals surface area contributed by atoms with Crippen LogP contribution in [0.4, 0.5) is 5.69 Å². The normalized spacial score (nSPS) is 9.93. The fourth-order valence-corrected chi connectivity index (χ4v) is 1.29. The molecule has 1 aromatic rings. The van der Waals surface area contributed by atoms with Crippen LogP contribution in [0.5, 0.6) is 5.75 Å². The molecule has 0 aromatic heterocycles. The first-order valence-corrected chi connectivity index (χ1v) is 4.86. The minimum atomic E-state index is 0.724. The number of methoxy groups -OCH3 is 1. The van der Waals surface area contributed by atoms with Crippen LogP contribution in [-0.2, 0) is 0 Å². The number of benzene rings is 1. The van der Waals surface area contributed by atoms with E-state index in [0.29, 0.717) is 0 Å². The highest BCUT2D eigenvalue weighted by Crippen LogP contribution is 2.20. The van der Waals surface area contributed by atoms with Gasteiger partial charge in [0, 0.05) is 12.2 Å². The highest BCUT2D eigenvalue weighted by molar-refractivity contribution is 5.53. The van der Waals surface area contributed by atoms with E-state index in [9.17, 15) is 0 Å². The largest absolute Gasteiger partial charge is 0.497 e. The molecule has 0 amide bonds. The standard InChI is InChI=1S/C11H18N2O/c1-9-8-10(14-2)4-5-11(9)13-7-3-6-12/h4-5,8,13H,3,6-7,12H2,1-2H3. The van der Waals surface area contributed by atoms with E-state index in [0.717, 1.165) is 30.9 Å². The predicted octanol–water partition coefficient (Wildman–Crippen LogP) is 1.76. The van der Waals surface area contributed by atoms with E-state index in [2.05, 4.69) is 12.2 Å². The van der Waals surface area contributed by atoms with Gasteiger partial charge in [0.15, 0.2) is 0 Å². The first-order valence-electron chi connectivity index (χ1n) is 4.86. The zero-order valence-electron chi connectivity index (χ0n) is 8.84. The van der Waals surface area contributed by atoms with E-state index in [1.807, 2.05) is 18.2 Å². The van der Waals surface area contributed by atoms with Gasteiger partial charge in [-0.3, -0.25) is 0 Å². The Balaban J connectivity index is 2.59. The lowest BCUT2D eigenvalue weighted by Crippen LogP contribution is -2.09. The Kier molecular flexibility index (Phi) is 4.26. The number of hydrogen-bond acceptors (Lipinski definition) is 3. The fraction of sp³-hybridized carbons (Fsp3) is 0.455. The van der Waals surface area contributed by atoms with Gasteiger partial charge in [0.05, 0.1) is 7.11 Å². The van der Waals surface area contributed by atoms with Crippen LogP contribution in [0.15, 0.2) is 18.2 Å². The highest BCUT2D eigenvalue weighted by Gasteiger charge is 1.98. The first-order chi connectivity index (χ1) is 6.77. The van der Waals surface area contributed by atoms with Gasteiger partial charge in [-0.1, -0.05) is 0 Å². The second-order valence-corrected chi connectivity index (χ2v) is 3.25.